The van der Waals surface area contributed by atoms with E-state index in [2.05, 4.69) is 35.1 Å². The van der Waals surface area contributed by atoms with Gasteiger partial charge in [0.15, 0.2) is 0 Å². The maximum atomic E-state index is 4.90. The van der Waals surface area contributed by atoms with Crippen molar-refractivity contribution in [3.63, 3.8) is 0 Å². The van der Waals surface area contributed by atoms with Crippen LogP contribution < -0.4 is 5.32 Å². The molecular formula is C15H22BrN3. The highest BCUT2D eigenvalue weighted by Crippen LogP contribution is 2.45. The van der Waals surface area contributed by atoms with E-state index in [0.717, 1.165) is 28.6 Å². The summed E-state index contributed by atoms with van der Waals surface area (Å²) in [6, 6.07) is 0. The molecule has 0 saturated heterocycles. The second kappa shape index (κ2) is 5.39. The number of nitrogens with one attached hydrogen (secondary N) is 1. The van der Waals surface area contributed by atoms with Crippen molar-refractivity contribution in [2.24, 2.45) is 5.92 Å². The number of anilines is 1. The van der Waals surface area contributed by atoms with Crippen molar-refractivity contribution in [1.29, 1.82) is 0 Å². The molecular weight excluding hydrogens is 302 g/mol. The predicted octanol–water partition coefficient (Wildman–Crippen LogP) is 4.45. The van der Waals surface area contributed by atoms with Crippen LogP contribution in [-0.2, 0) is 0 Å². The van der Waals surface area contributed by atoms with Crippen LogP contribution in [0.25, 0.3) is 0 Å². The van der Waals surface area contributed by atoms with Crippen molar-refractivity contribution in [2.75, 3.05) is 11.9 Å². The summed E-state index contributed by atoms with van der Waals surface area (Å²) >= 11 is 3.69. The summed E-state index contributed by atoms with van der Waals surface area (Å²) in [5.41, 5.74) is 1.24. The summed E-state index contributed by atoms with van der Waals surface area (Å²) in [5, 5.41) is 3.38. The fourth-order valence-electron chi connectivity index (χ4n) is 3.02. The van der Waals surface area contributed by atoms with E-state index in [1.165, 1.54) is 37.8 Å². The molecule has 19 heavy (non-hydrogen) atoms. The molecule has 1 aromatic heterocycles. The summed E-state index contributed by atoms with van der Waals surface area (Å²) in [6.45, 7) is 5.36. The van der Waals surface area contributed by atoms with Crippen LogP contribution in [0.2, 0.25) is 0 Å². The van der Waals surface area contributed by atoms with Gasteiger partial charge in [0.2, 0.25) is 0 Å². The maximum Gasteiger partial charge on any atom is 0.144 e. The third-order valence-corrected chi connectivity index (χ3v) is 5.04. The van der Waals surface area contributed by atoms with Gasteiger partial charge in [-0.3, -0.25) is 0 Å². The Hall–Kier alpha value is -0.640. The molecule has 0 spiro atoms. The molecule has 2 saturated carbocycles. The van der Waals surface area contributed by atoms with Crippen LogP contribution in [0.15, 0.2) is 4.47 Å². The van der Waals surface area contributed by atoms with Gasteiger partial charge in [0, 0.05) is 18.4 Å². The highest BCUT2D eigenvalue weighted by atomic mass is 79.9. The SMILES string of the molecule is CCNc1nc(C2CCC(C)C2)nc(C2CC2)c1Br. The highest BCUT2D eigenvalue weighted by molar-refractivity contribution is 9.10. The first-order valence-corrected chi connectivity index (χ1v) is 8.29. The largest absolute Gasteiger partial charge is 0.369 e. The fourth-order valence-corrected chi connectivity index (χ4v) is 3.66. The Kier molecular flexibility index (Phi) is 3.79. The molecule has 1 aromatic rings. The van der Waals surface area contributed by atoms with E-state index in [9.17, 15) is 0 Å². The van der Waals surface area contributed by atoms with Gasteiger partial charge in [-0.25, -0.2) is 9.97 Å². The summed E-state index contributed by atoms with van der Waals surface area (Å²) in [7, 11) is 0. The number of hydrogen-bond acceptors (Lipinski definition) is 3. The van der Waals surface area contributed by atoms with Crippen LogP contribution >= 0.6 is 15.9 Å². The summed E-state index contributed by atoms with van der Waals surface area (Å²) in [4.78, 5) is 9.68. The van der Waals surface area contributed by atoms with Gasteiger partial charge >= 0.3 is 0 Å². The van der Waals surface area contributed by atoms with Crippen LogP contribution in [0, 0.1) is 5.92 Å². The van der Waals surface area contributed by atoms with Gasteiger partial charge in [0.05, 0.1) is 10.2 Å². The van der Waals surface area contributed by atoms with E-state index >= 15 is 0 Å². The number of halogens is 1. The Morgan fingerprint density at radius 2 is 1.89 bits per heavy atom. The molecule has 4 heteroatoms. The van der Waals surface area contributed by atoms with E-state index in [4.69, 9.17) is 9.97 Å². The van der Waals surface area contributed by atoms with Gasteiger partial charge in [-0.15, -0.1) is 0 Å². The molecule has 2 aliphatic carbocycles. The van der Waals surface area contributed by atoms with Crippen molar-refractivity contribution in [1.82, 2.24) is 9.97 Å². The predicted molar refractivity (Wildman–Crippen MR) is 81.6 cm³/mol. The average Bonchev–Trinajstić information content (AvgIpc) is 3.14. The first-order valence-electron chi connectivity index (χ1n) is 7.50. The quantitative estimate of drug-likeness (QED) is 0.889. The second-order valence-electron chi connectivity index (χ2n) is 6.05. The van der Waals surface area contributed by atoms with Gasteiger partial charge in [-0.05, 0) is 60.9 Å². The van der Waals surface area contributed by atoms with Gasteiger partial charge < -0.3 is 5.32 Å². The molecule has 2 aliphatic rings. The molecule has 2 unspecified atom stereocenters. The molecule has 0 aliphatic heterocycles. The topological polar surface area (TPSA) is 37.8 Å². The van der Waals surface area contributed by atoms with Crippen molar-refractivity contribution >= 4 is 21.7 Å². The molecule has 104 valence electrons. The van der Waals surface area contributed by atoms with Crippen LogP contribution in [0.1, 0.15) is 69.3 Å². The van der Waals surface area contributed by atoms with Gasteiger partial charge in [0.25, 0.3) is 0 Å². The fraction of sp³-hybridized carbons (Fsp3) is 0.733. The van der Waals surface area contributed by atoms with E-state index in [0.29, 0.717) is 11.8 Å². The third-order valence-electron chi connectivity index (χ3n) is 4.26. The zero-order valence-corrected chi connectivity index (χ0v) is 13.3. The van der Waals surface area contributed by atoms with Crippen LogP contribution in [0.5, 0.6) is 0 Å². The second-order valence-corrected chi connectivity index (χ2v) is 6.84. The molecule has 3 rings (SSSR count). The number of hydrogen-bond donors (Lipinski definition) is 1. The first-order chi connectivity index (χ1) is 9.19. The molecule has 1 heterocycles. The number of aromatic nitrogens is 2. The minimum absolute atomic E-state index is 0.568. The first kappa shape index (κ1) is 13.3. The van der Waals surface area contributed by atoms with Crippen LogP contribution in [0.4, 0.5) is 5.82 Å². The van der Waals surface area contributed by atoms with E-state index in [1.54, 1.807) is 0 Å². The standard InChI is InChI=1S/C15H22BrN3/c1-3-17-15-12(16)13(10-6-7-10)18-14(19-15)11-5-4-9(2)8-11/h9-11H,3-8H2,1-2H3,(H,17,18,19). The highest BCUT2D eigenvalue weighted by Gasteiger charge is 2.32. The molecule has 1 N–H and O–H groups in total. The lowest BCUT2D eigenvalue weighted by molar-refractivity contribution is 0.583. The van der Waals surface area contributed by atoms with Gasteiger partial charge in [0.1, 0.15) is 11.6 Å². The van der Waals surface area contributed by atoms with Crippen molar-refractivity contribution < 1.29 is 0 Å². The number of rotatable bonds is 4. The maximum absolute atomic E-state index is 4.90. The molecule has 0 bridgehead atoms. The van der Waals surface area contributed by atoms with E-state index in [-0.39, 0.29) is 0 Å². The monoisotopic (exact) mass is 323 g/mol. The van der Waals surface area contributed by atoms with Crippen molar-refractivity contribution in [3.8, 4) is 0 Å². The van der Waals surface area contributed by atoms with Crippen molar-refractivity contribution in [2.45, 2.75) is 57.8 Å². The minimum Gasteiger partial charge on any atom is -0.369 e. The lowest BCUT2D eigenvalue weighted by Crippen LogP contribution is -2.10. The molecule has 0 aromatic carbocycles. The smallest absolute Gasteiger partial charge is 0.144 e. The zero-order chi connectivity index (χ0) is 13.4. The normalized spacial score (nSPS) is 26.7. The lowest BCUT2D eigenvalue weighted by Gasteiger charge is -2.15. The Morgan fingerprint density at radius 3 is 2.47 bits per heavy atom. The zero-order valence-electron chi connectivity index (χ0n) is 11.7. The van der Waals surface area contributed by atoms with Crippen LogP contribution in [0.3, 0.4) is 0 Å². The number of nitrogens with zero attached hydrogens (tertiary/aromatic N) is 2. The van der Waals surface area contributed by atoms with Crippen molar-refractivity contribution in [3.05, 3.63) is 16.0 Å². The summed E-state index contributed by atoms with van der Waals surface area (Å²) < 4.78 is 1.09. The lowest BCUT2D eigenvalue weighted by atomic mass is 10.1. The molecule has 0 amide bonds. The van der Waals surface area contributed by atoms with Crippen LogP contribution in [-0.4, -0.2) is 16.5 Å². The molecule has 2 atom stereocenters. The molecule has 0 radical (unpaired) electrons. The minimum atomic E-state index is 0.568. The third kappa shape index (κ3) is 2.78. The Bertz CT molecular complexity index is 471. The van der Waals surface area contributed by atoms with E-state index < -0.39 is 0 Å². The van der Waals surface area contributed by atoms with Gasteiger partial charge in [-0.1, -0.05) is 6.92 Å². The van der Waals surface area contributed by atoms with E-state index in [1.807, 2.05) is 0 Å². The average molecular weight is 324 g/mol. The molecule has 2 fully saturated rings. The Labute approximate surface area is 123 Å². The molecule has 3 nitrogen and oxygen atoms in total. The summed E-state index contributed by atoms with van der Waals surface area (Å²) in [5.74, 6) is 4.12. The Morgan fingerprint density at radius 1 is 1.16 bits per heavy atom. The summed E-state index contributed by atoms with van der Waals surface area (Å²) in [6.07, 6.45) is 6.37. The van der Waals surface area contributed by atoms with Gasteiger partial charge in [-0.2, -0.15) is 0 Å². The Balaban J connectivity index is 1.94.